The highest BCUT2D eigenvalue weighted by atomic mass is 32.1. The van der Waals surface area contributed by atoms with E-state index in [9.17, 15) is 0 Å². The number of rotatable bonds is 3. The average Bonchev–Trinajstić information content (AvgIpc) is 3.86. The Bertz CT molecular complexity index is 3400. The van der Waals surface area contributed by atoms with Crippen molar-refractivity contribution in [3.63, 3.8) is 0 Å². The molecule has 11 aromatic rings. The maximum absolute atomic E-state index is 5.55. The lowest BCUT2D eigenvalue weighted by Gasteiger charge is -2.21. The molecule has 1 aliphatic rings. The number of fused-ring (bicyclic) bond motifs is 13. The molecule has 0 amide bonds. The van der Waals surface area contributed by atoms with Crippen LogP contribution in [0.15, 0.2) is 164 Å². The summed E-state index contributed by atoms with van der Waals surface area (Å²) < 4.78 is 4.68. The van der Waals surface area contributed by atoms with Crippen molar-refractivity contribution >= 4 is 75.0 Å². The van der Waals surface area contributed by atoms with E-state index < -0.39 is 0 Å². The van der Waals surface area contributed by atoms with Gasteiger partial charge in [-0.05, 0) is 56.1 Å². The molecule has 12 rings (SSSR count). The summed E-state index contributed by atoms with van der Waals surface area (Å²) in [6, 6.07) is 59.8. The molecule has 4 heteroatoms. The first-order valence-electron chi connectivity index (χ1n) is 18.9. The molecule has 55 heavy (non-hydrogen) atoms. The average molecular weight is 720 g/mol. The fraction of sp³-hybridized carbons (Fsp3) is 0.0588. The molecule has 0 bridgehead atoms. The van der Waals surface area contributed by atoms with E-state index in [-0.39, 0.29) is 5.41 Å². The summed E-state index contributed by atoms with van der Waals surface area (Å²) in [5, 5.41) is 8.47. The highest BCUT2D eigenvalue weighted by Crippen LogP contribution is 2.53. The van der Waals surface area contributed by atoms with Gasteiger partial charge in [0.2, 0.25) is 5.95 Å². The first-order valence-corrected chi connectivity index (χ1v) is 19.7. The molecule has 8 aromatic carbocycles. The predicted molar refractivity (Wildman–Crippen MR) is 233 cm³/mol. The van der Waals surface area contributed by atoms with Crippen LogP contribution in [0.4, 0.5) is 0 Å². The Morgan fingerprint density at radius 3 is 2.02 bits per heavy atom. The van der Waals surface area contributed by atoms with E-state index in [1.807, 2.05) is 0 Å². The normalized spacial score (nSPS) is 13.4. The second-order valence-electron chi connectivity index (χ2n) is 15.3. The van der Waals surface area contributed by atoms with Crippen LogP contribution in [0.3, 0.4) is 0 Å². The van der Waals surface area contributed by atoms with Gasteiger partial charge >= 0.3 is 0 Å². The van der Waals surface area contributed by atoms with Gasteiger partial charge in [-0.3, -0.25) is 4.57 Å². The quantitative estimate of drug-likeness (QED) is 0.182. The lowest BCUT2D eigenvalue weighted by Crippen LogP contribution is -2.14. The molecule has 1 aliphatic carbocycles. The zero-order chi connectivity index (χ0) is 36.4. The van der Waals surface area contributed by atoms with E-state index in [1.165, 1.54) is 64.8 Å². The number of nitrogens with zero attached hydrogens (tertiary/aromatic N) is 3. The SMILES string of the molecule is CC1(C)c2ccc(-c3cccc4c5ccc6ccccc6c5n(-c5nc(-c6ccccc6)c6sc7ccccc7c6n5)c34)cc2-c2c1ccc1ccccc21. The minimum atomic E-state index is -0.104. The summed E-state index contributed by atoms with van der Waals surface area (Å²) >= 11 is 1.77. The third kappa shape index (κ3) is 4.26. The highest BCUT2D eigenvalue weighted by molar-refractivity contribution is 7.26. The summed E-state index contributed by atoms with van der Waals surface area (Å²) in [6.07, 6.45) is 0. The van der Waals surface area contributed by atoms with Crippen molar-refractivity contribution in [3.05, 3.63) is 175 Å². The van der Waals surface area contributed by atoms with Crippen LogP contribution in [0.2, 0.25) is 0 Å². The molecule has 258 valence electrons. The van der Waals surface area contributed by atoms with Crippen LogP contribution in [0.1, 0.15) is 25.0 Å². The highest BCUT2D eigenvalue weighted by Gasteiger charge is 2.36. The summed E-state index contributed by atoms with van der Waals surface area (Å²) in [5.41, 5.74) is 12.9. The Hall–Kier alpha value is -6.62. The number of hydrogen-bond acceptors (Lipinski definition) is 3. The lowest BCUT2D eigenvalue weighted by molar-refractivity contribution is 0.661. The van der Waals surface area contributed by atoms with Gasteiger partial charge < -0.3 is 0 Å². The van der Waals surface area contributed by atoms with Gasteiger partial charge in [0.15, 0.2) is 0 Å². The maximum Gasteiger partial charge on any atom is 0.235 e. The molecule has 0 fully saturated rings. The Labute approximate surface area is 321 Å². The molecule has 0 atom stereocenters. The monoisotopic (exact) mass is 719 g/mol. The Kier molecular flexibility index (Phi) is 6.27. The van der Waals surface area contributed by atoms with Gasteiger partial charge in [0.05, 0.1) is 26.9 Å². The number of aromatic nitrogens is 3. The van der Waals surface area contributed by atoms with E-state index in [1.54, 1.807) is 11.3 Å². The Morgan fingerprint density at radius 1 is 0.491 bits per heavy atom. The number of para-hydroxylation sites is 1. The number of benzene rings is 8. The molecule has 3 aromatic heterocycles. The molecule has 0 saturated heterocycles. The molecule has 3 heterocycles. The smallest absolute Gasteiger partial charge is 0.235 e. The standard InChI is InChI=1S/C51H33N3S/c1-51(2)41-27-25-33(29-40(41)44-34-17-8-6-13-30(34)24-28-42(44)51)36-20-12-21-37-38-26-23-31-14-7-9-18-35(31)47(38)54(48(36)37)50-52-45(32-15-4-3-5-16-32)49-46(53-50)39-19-10-11-22-43(39)55-49/h3-29H,1-2H3. The minimum absolute atomic E-state index is 0.104. The van der Waals surface area contributed by atoms with Crippen LogP contribution in [0, 0.1) is 0 Å². The zero-order valence-corrected chi connectivity index (χ0v) is 31.2. The molecule has 0 unspecified atom stereocenters. The van der Waals surface area contributed by atoms with Gasteiger partial charge in [0.25, 0.3) is 0 Å². The number of thiophene rings is 1. The van der Waals surface area contributed by atoms with Crippen LogP contribution >= 0.6 is 11.3 Å². The topological polar surface area (TPSA) is 30.7 Å². The number of hydrogen-bond donors (Lipinski definition) is 0. The molecule has 0 radical (unpaired) electrons. The molecule has 0 saturated carbocycles. The van der Waals surface area contributed by atoms with Crippen molar-refractivity contribution in [2.75, 3.05) is 0 Å². The largest absolute Gasteiger partial charge is 0.277 e. The van der Waals surface area contributed by atoms with Gasteiger partial charge in [-0.15, -0.1) is 11.3 Å². The summed E-state index contributed by atoms with van der Waals surface area (Å²) in [5.74, 6) is 0.678. The molecule has 3 nitrogen and oxygen atoms in total. The summed E-state index contributed by atoms with van der Waals surface area (Å²) in [6.45, 7) is 4.73. The van der Waals surface area contributed by atoms with Crippen LogP contribution in [0.5, 0.6) is 0 Å². The van der Waals surface area contributed by atoms with Crippen molar-refractivity contribution in [3.8, 4) is 39.5 Å². The maximum atomic E-state index is 5.55. The van der Waals surface area contributed by atoms with Gasteiger partial charge in [0, 0.05) is 42.8 Å². The molecular formula is C51H33N3S. The van der Waals surface area contributed by atoms with Crippen LogP contribution < -0.4 is 0 Å². The van der Waals surface area contributed by atoms with E-state index in [2.05, 4.69) is 182 Å². The summed E-state index contributed by atoms with van der Waals surface area (Å²) in [4.78, 5) is 11.1. The Morgan fingerprint density at radius 2 is 1.16 bits per heavy atom. The minimum Gasteiger partial charge on any atom is -0.277 e. The van der Waals surface area contributed by atoms with E-state index in [4.69, 9.17) is 9.97 Å². The van der Waals surface area contributed by atoms with Crippen molar-refractivity contribution in [1.82, 2.24) is 14.5 Å². The van der Waals surface area contributed by atoms with Crippen LogP contribution in [0.25, 0.3) is 103 Å². The molecular weight excluding hydrogens is 687 g/mol. The first-order chi connectivity index (χ1) is 27.0. The fourth-order valence-electron chi connectivity index (χ4n) is 9.42. The second kappa shape index (κ2) is 11.2. The first kappa shape index (κ1) is 30.8. The van der Waals surface area contributed by atoms with Gasteiger partial charge in [-0.2, -0.15) is 0 Å². The molecule has 0 aliphatic heterocycles. The van der Waals surface area contributed by atoms with Crippen LogP contribution in [-0.2, 0) is 5.41 Å². The molecule has 0 spiro atoms. The fourth-order valence-corrected chi connectivity index (χ4v) is 10.6. The third-order valence-electron chi connectivity index (χ3n) is 12.0. The van der Waals surface area contributed by atoms with Gasteiger partial charge in [-0.1, -0.05) is 166 Å². The predicted octanol–water partition coefficient (Wildman–Crippen LogP) is 13.9. The van der Waals surface area contributed by atoms with E-state index in [0.29, 0.717) is 5.95 Å². The van der Waals surface area contributed by atoms with Crippen LogP contribution in [-0.4, -0.2) is 14.5 Å². The third-order valence-corrected chi connectivity index (χ3v) is 13.2. The van der Waals surface area contributed by atoms with Crippen molar-refractivity contribution < 1.29 is 0 Å². The van der Waals surface area contributed by atoms with Gasteiger partial charge in [-0.25, -0.2) is 9.97 Å². The van der Waals surface area contributed by atoms with Crippen molar-refractivity contribution in [2.45, 2.75) is 19.3 Å². The van der Waals surface area contributed by atoms with Crippen molar-refractivity contribution in [2.24, 2.45) is 0 Å². The van der Waals surface area contributed by atoms with E-state index >= 15 is 0 Å². The van der Waals surface area contributed by atoms with Gasteiger partial charge in [0.1, 0.15) is 0 Å². The summed E-state index contributed by atoms with van der Waals surface area (Å²) in [7, 11) is 0. The van der Waals surface area contributed by atoms with Crippen molar-refractivity contribution in [1.29, 1.82) is 0 Å². The zero-order valence-electron chi connectivity index (χ0n) is 30.3. The second-order valence-corrected chi connectivity index (χ2v) is 16.4. The lowest BCUT2D eigenvalue weighted by atomic mass is 9.82. The van der Waals surface area contributed by atoms with E-state index in [0.717, 1.165) is 43.5 Å². The molecule has 0 N–H and O–H groups in total. The Balaban J connectivity index is 1.22.